The van der Waals surface area contributed by atoms with E-state index in [4.69, 9.17) is 9.84 Å². The number of quaternary nitrogens is 1. The fourth-order valence-electron chi connectivity index (χ4n) is 3.00. The maximum Gasteiger partial charge on any atom is 0.135 e. The molecule has 0 aliphatic heterocycles. The molecule has 144 valence electrons. The quantitative estimate of drug-likeness (QED) is 0.321. The summed E-state index contributed by atoms with van der Waals surface area (Å²) in [6.45, 7) is 3.37. The number of hydrogen-bond donors (Lipinski definition) is 1. The second-order valence-corrected chi connectivity index (χ2v) is 8.01. The highest BCUT2D eigenvalue weighted by atomic mass is 16.5. The van der Waals surface area contributed by atoms with Crippen LogP contribution < -0.4 is 0 Å². The fourth-order valence-corrected chi connectivity index (χ4v) is 3.00. The number of aliphatic hydroxyl groups is 1. The summed E-state index contributed by atoms with van der Waals surface area (Å²) < 4.78 is 6.41. The van der Waals surface area contributed by atoms with Gasteiger partial charge in [0.25, 0.3) is 0 Å². The maximum atomic E-state index is 12.2. The predicted molar refractivity (Wildman–Crippen MR) is 101 cm³/mol. The molecule has 0 aromatic rings. The zero-order valence-corrected chi connectivity index (χ0v) is 16.7. The van der Waals surface area contributed by atoms with E-state index in [1.54, 1.807) is 0 Å². The summed E-state index contributed by atoms with van der Waals surface area (Å²) in [5.41, 5.74) is 0. The fraction of sp³-hybridized carbons (Fsp3) is 0.950. The largest absolute Gasteiger partial charge is 0.394 e. The molecule has 4 nitrogen and oxygen atoms in total. The molecule has 0 saturated heterocycles. The Kier molecular flexibility index (Phi) is 14.6. The Morgan fingerprint density at radius 1 is 0.958 bits per heavy atom. The average molecular weight is 345 g/mol. The van der Waals surface area contributed by atoms with Gasteiger partial charge < -0.3 is 14.3 Å². The van der Waals surface area contributed by atoms with E-state index in [2.05, 4.69) is 28.1 Å². The number of hydrogen-bond acceptors (Lipinski definition) is 3. The van der Waals surface area contributed by atoms with Crippen LogP contribution in [0.25, 0.3) is 0 Å². The van der Waals surface area contributed by atoms with Crippen LogP contribution in [-0.4, -0.2) is 62.4 Å². The number of nitrogens with zero attached hydrogens (tertiary/aromatic N) is 1. The first-order chi connectivity index (χ1) is 11.4. The predicted octanol–water partition coefficient (Wildman–Crippen LogP) is 3.95. The van der Waals surface area contributed by atoms with Gasteiger partial charge in [-0.1, -0.05) is 58.3 Å². The Labute approximate surface area is 150 Å². The van der Waals surface area contributed by atoms with E-state index in [-0.39, 0.29) is 12.7 Å². The van der Waals surface area contributed by atoms with Crippen LogP contribution in [0, 0.1) is 0 Å². The molecule has 0 amide bonds. The van der Waals surface area contributed by atoms with Gasteiger partial charge in [-0.3, -0.25) is 4.79 Å². The second-order valence-electron chi connectivity index (χ2n) is 8.01. The molecule has 1 unspecified atom stereocenters. The second kappa shape index (κ2) is 14.9. The van der Waals surface area contributed by atoms with E-state index in [1.165, 1.54) is 44.9 Å². The number of likely N-dealkylation sites (N-methyl/N-ethyl adjacent to an activating group) is 1. The van der Waals surface area contributed by atoms with Gasteiger partial charge in [-0.05, 0) is 6.42 Å². The van der Waals surface area contributed by atoms with E-state index in [0.717, 1.165) is 23.9 Å². The van der Waals surface area contributed by atoms with Crippen molar-refractivity contribution in [2.75, 3.05) is 40.9 Å². The van der Waals surface area contributed by atoms with E-state index < -0.39 is 0 Å². The van der Waals surface area contributed by atoms with Crippen molar-refractivity contribution in [2.24, 2.45) is 0 Å². The van der Waals surface area contributed by atoms with Gasteiger partial charge in [0.1, 0.15) is 18.4 Å². The van der Waals surface area contributed by atoms with Gasteiger partial charge in [-0.2, -0.15) is 0 Å². The Bertz CT molecular complexity index is 300. The lowest BCUT2D eigenvalue weighted by molar-refractivity contribution is -0.873. The van der Waals surface area contributed by atoms with Gasteiger partial charge in [0.2, 0.25) is 0 Å². The number of unbranched alkanes of at least 4 members (excludes halogenated alkanes) is 8. The van der Waals surface area contributed by atoms with Crippen LogP contribution in [0.2, 0.25) is 0 Å². The van der Waals surface area contributed by atoms with Crippen LogP contribution in [0.15, 0.2) is 0 Å². The van der Waals surface area contributed by atoms with Gasteiger partial charge in [-0.15, -0.1) is 0 Å². The molecule has 0 fully saturated rings. The zero-order valence-electron chi connectivity index (χ0n) is 16.7. The van der Waals surface area contributed by atoms with Gasteiger partial charge >= 0.3 is 0 Å². The topological polar surface area (TPSA) is 46.5 Å². The third-order valence-electron chi connectivity index (χ3n) is 4.21. The molecule has 0 spiro atoms. The summed E-state index contributed by atoms with van der Waals surface area (Å²) in [7, 11) is 6.29. The highest BCUT2D eigenvalue weighted by molar-refractivity contribution is 5.78. The monoisotopic (exact) mass is 344 g/mol. The minimum absolute atomic E-state index is 0.0140. The van der Waals surface area contributed by atoms with Crippen molar-refractivity contribution in [3.05, 3.63) is 0 Å². The lowest BCUT2D eigenvalue weighted by atomic mass is 10.0. The number of carbonyl (C=O) groups is 1. The van der Waals surface area contributed by atoms with Crippen molar-refractivity contribution in [3.63, 3.8) is 0 Å². The van der Waals surface area contributed by atoms with Gasteiger partial charge in [0, 0.05) is 12.8 Å². The van der Waals surface area contributed by atoms with Crippen LogP contribution in [-0.2, 0) is 9.53 Å². The third-order valence-corrected chi connectivity index (χ3v) is 4.21. The molecule has 0 aliphatic carbocycles. The number of aliphatic hydroxyl groups excluding tert-OH is 1. The lowest BCUT2D eigenvalue weighted by Crippen LogP contribution is -2.43. The summed E-state index contributed by atoms with van der Waals surface area (Å²) in [6.07, 6.45) is 12.5. The van der Waals surface area contributed by atoms with Crippen molar-refractivity contribution in [1.82, 2.24) is 0 Å². The lowest BCUT2D eigenvalue weighted by Gasteiger charge is -2.29. The molecule has 24 heavy (non-hydrogen) atoms. The Morgan fingerprint density at radius 2 is 1.50 bits per heavy atom. The molecule has 0 aliphatic rings. The molecule has 1 N–H and O–H groups in total. The summed E-state index contributed by atoms with van der Waals surface area (Å²) in [6, 6.07) is 0. The highest BCUT2D eigenvalue weighted by Gasteiger charge is 2.21. The van der Waals surface area contributed by atoms with E-state index in [9.17, 15) is 4.79 Å². The van der Waals surface area contributed by atoms with Gasteiger partial charge in [0.15, 0.2) is 0 Å². The molecule has 0 radical (unpaired) electrons. The number of rotatable bonds is 17. The number of Topliss-reactive ketones (excluding diaryl/α,β-unsaturated/α-hetero) is 1. The molecular formula is C20H42NO3+. The van der Waals surface area contributed by atoms with E-state index in [0.29, 0.717) is 25.2 Å². The van der Waals surface area contributed by atoms with Crippen LogP contribution in [0.3, 0.4) is 0 Å². The normalized spacial score (nSPS) is 13.2. The molecule has 0 aromatic heterocycles. The first-order valence-corrected chi connectivity index (χ1v) is 9.93. The van der Waals surface area contributed by atoms with Crippen molar-refractivity contribution in [2.45, 2.75) is 83.7 Å². The minimum atomic E-state index is -0.0804. The molecule has 0 aromatic carbocycles. The van der Waals surface area contributed by atoms with Gasteiger partial charge in [-0.25, -0.2) is 0 Å². The maximum absolute atomic E-state index is 12.2. The SMILES string of the molecule is CCCCCCCCCCCC(=O)CC(C[N+](C)(C)C)OCCO. The number of carbonyl (C=O) groups excluding carboxylic acids is 1. The van der Waals surface area contributed by atoms with E-state index in [1.807, 2.05) is 0 Å². The average Bonchev–Trinajstić information content (AvgIpc) is 2.49. The first-order valence-electron chi connectivity index (χ1n) is 9.93. The molecule has 1 atom stereocenters. The summed E-state index contributed by atoms with van der Waals surface area (Å²) in [5, 5.41) is 8.92. The smallest absolute Gasteiger partial charge is 0.135 e. The van der Waals surface area contributed by atoms with Crippen molar-refractivity contribution in [1.29, 1.82) is 0 Å². The van der Waals surface area contributed by atoms with Crippen molar-refractivity contribution >= 4 is 5.78 Å². The molecule has 0 bridgehead atoms. The Hall–Kier alpha value is -0.450. The standard InChI is InChI=1S/C20H42NO3/c1-5-6-7-8-9-10-11-12-13-14-19(23)17-20(24-16-15-22)18-21(2,3)4/h20,22H,5-18H2,1-4H3/q+1. The van der Waals surface area contributed by atoms with Crippen LogP contribution in [0.4, 0.5) is 0 Å². The van der Waals surface area contributed by atoms with Crippen LogP contribution in [0.5, 0.6) is 0 Å². The highest BCUT2D eigenvalue weighted by Crippen LogP contribution is 2.12. The minimum Gasteiger partial charge on any atom is -0.394 e. The first kappa shape index (κ1) is 23.5. The van der Waals surface area contributed by atoms with Crippen molar-refractivity contribution < 1.29 is 19.1 Å². The molecule has 0 heterocycles. The van der Waals surface area contributed by atoms with E-state index >= 15 is 0 Å². The third kappa shape index (κ3) is 16.4. The summed E-state index contributed by atoms with van der Waals surface area (Å²) in [5.74, 6) is 0.300. The number of ketones is 1. The van der Waals surface area contributed by atoms with Crippen LogP contribution >= 0.6 is 0 Å². The van der Waals surface area contributed by atoms with Gasteiger partial charge in [0.05, 0.1) is 34.4 Å². The summed E-state index contributed by atoms with van der Waals surface area (Å²) >= 11 is 0. The molecule has 0 saturated carbocycles. The Morgan fingerprint density at radius 3 is 2.00 bits per heavy atom. The Balaban J connectivity index is 3.76. The van der Waals surface area contributed by atoms with Crippen LogP contribution in [0.1, 0.15) is 77.6 Å². The molecule has 0 rings (SSSR count). The molecular weight excluding hydrogens is 302 g/mol. The van der Waals surface area contributed by atoms with Crippen molar-refractivity contribution in [3.8, 4) is 0 Å². The zero-order chi connectivity index (χ0) is 18.3. The summed E-state index contributed by atoms with van der Waals surface area (Å²) in [4.78, 5) is 12.2. The number of ether oxygens (including phenoxy) is 1. The molecule has 4 heteroatoms.